The predicted octanol–water partition coefficient (Wildman–Crippen LogP) is 3.23. The van der Waals surface area contributed by atoms with E-state index in [-0.39, 0.29) is 21.3 Å². The fourth-order valence-corrected chi connectivity index (χ4v) is 2.92. The van der Waals surface area contributed by atoms with Crippen LogP contribution in [0, 0.1) is 0 Å². The molecule has 0 saturated heterocycles. The summed E-state index contributed by atoms with van der Waals surface area (Å²) in [4.78, 5) is 10.7. The number of nitrogens with one attached hydrogen (secondary N) is 2. The van der Waals surface area contributed by atoms with E-state index in [0.717, 1.165) is 0 Å². The molecule has 2 aromatic carbocycles. The Kier molecular flexibility index (Phi) is 4.35. The van der Waals surface area contributed by atoms with Crippen LogP contribution >= 0.6 is 11.6 Å². The number of carbonyl (C=O) groups is 1. The van der Waals surface area contributed by atoms with Crippen molar-refractivity contribution >= 4 is 39.1 Å². The van der Waals surface area contributed by atoms with E-state index in [4.69, 9.17) is 16.7 Å². The van der Waals surface area contributed by atoms with E-state index in [9.17, 15) is 13.2 Å². The number of sulfonamides is 1. The Morgan fingerprint density at radius 2 is 1.76 bits per heavy atom. The largest absolute Gasteiger partial charge is 0.465 e. The minimum atomic E-state index is -3.79. The van der Waals surface area contributed by atoms with Crippen molar-refractivity contribution in [2.24, 2.45) is 0 Å². The minimum absolute atomic E-state index is 0.0812. The van der Waals surface area contributed by atoms with Crippen LogP contribution in [-0.2, 0) is 10.0 Å². The van der Waals surface area contributed by atoms with Crippen molar-refractivity contribution in [1.29, 1.82) is 0 Å². The molecule has 0 aliphatic rings. The van der Waals surface area contributed by atoms with Crippen molar-refractivity contribution in [3.8, 4) is 0 Å². The Balaban J connectivity index is 2.33. The molecular weight excluding hydrogens is 316 g/mol. The third kappa shape index (κ3) is 3.87. The molecule has 110 valence electrons. The van der Waals surface area contributed by atoms with Gasteiger partial charge in [-0.25, -0.2) is 13.2 Å². The number of amides is 1. The quantitative estimate of drug-likeness (QED) is 0.803. The Bertz CT molecular complexity index is 763. The first-order valence-corrected chi connectivity index (χ1v) is 7.62. The predicted molar refractivity (Wildman–Crippen MR) is 80.4 cm³/mol. The average molecular weight is 327 g/mol. The Morgan fingerprint density at radius 3 is 2.38 bits per heavy atom. The fraction of sp³-hybridized carbons (Fsp3) is 0. The number of halogens is 1. The van der Waals surface area contributed by atoms with E-state index in [1.54, 1.807) is 18.2 Å². The molecule has 6 nitrogen and oxygen atoms in total. The van der Waals surface area contributed by atoms with Gasteiger partial charge in [-0.2, -0.15) is 0 Å². The summed E-state index contributed by atoms with van der Waals surface area (Å²) >= 11 is 5.92. The second kappa shape index (κ2) is 6.02. The van der Waals surface area contributed by atoms with Gasteiger partial charge in [0.15, 0.2) is 0 Å². The van der Waals surface area contributed by atoms with Crippen molar-refractivity contribution < 1.29 is 18.3 Å². The standard InChI is InChI=1S/C13H11ClN2O4S/c14-11-7-6-9(15-13(17)18)8-12(11)16-21(19,20)10-4-2-1-3-5-10/h1-8,15-16H,(H,17,18). The molecule has 0 aromatic heterocycles. The highest BCUT2D eigenvalue weighted by molar-refractivity contribution is 7.92. The lowest BCUT2D eigenvalue weighted by molar-refractivity contribution is 0.210. The molecule has 0 aliphatic heterocycles. The first kappa shape index (κ1) is 15.1. The van der Waals surface area contributed by atoms with Gasteiger partial charge in [0, 0.05) is 5.69 Å². The SMILES string of the molecule is O=C(O)Nc1ccc(Cl)c(NS(=O)(=O)c2ccccc2)c1. The monoisotopic (exact) mass is 326 g/mol. The van der Waals surface area contributed by atoms with Crippen molar-refractivity contribution in [3.63, 3.8) is 0 Å². The summed E-state index contributed by atoms with van der Waals surface area (Å²) in [6.45, 7) is 0. The highest BCUT2D eigenvalue weighted by Gasteiger charge is 2.15. The van der Waals surface area contributed by atoms with Crippen LogP contribution in [0.1, 0.15) is 0 Å². The maximum Gasteiger partial charge on any atom is 0.409 e. The zero-order valence-electron chi connectivity index (χ0n) is 10.6. The lowest BCUT2D eigenvalue weighted by Crippen LogP contribution is -2.14. The summed E-state index contributed by atoms with van der Waals surface area (Å²) in [6, 6.07) is 11.9. The molecule has 21 heavy (non-hydrogen) atoms. The molecule has 0 heterocycles. The molecule has 0 radical (unpaired) electrons. The molecule has 0 fully saturated rings. The molecule has 0 spiro atoms. The second-order valence-corrected chi connectivity index (χ2v) is 6.13. The molecule has 1 amide bonds. The molecule has 0 saturated carbocycles. The smallest absolute Gasteiger partial charge is 0.409 e. The van der Waals surface area contributed by atoms with Crippen LogP contribution in [0.25, 0.3) is 0 Å². The third-order valence-electron chi connectivity index (χ3n) is 2.52. The number of rotatable bonds is 4. The van der Waals surface area contributed by atoms with Gasteiger partial charge >= 0.3 is 6.09 Å². The maximum atomic E-state index is 12.2. The summed E-state index contributed by atoms with van der Waals surface area (Å²) < 4.78 is 26.7. The third-order valence-corrected chi connectivity index (χ3v) is 4.23. The van der Waals surface area contributed by atoms with Gasteiger partial charge in [-0.1, -0.05) is 29.8 Å². The van der Waals surface area contributed by atoms with Gasteiger partial charge in [0.25, 0.3) is 10.0 Å². The van der Waals surface area contributed by atoms with Crippen molar-refractivity contribution in [1.82, 2.24) is 0 Å². The lowest BCUT2D eigenvalue weighted by Gasteiger charge is -2.11. The van der Waals surface area contributed by atoms with Crippen LogP contribution in [0.2, 0.25) is 5.02 Å². The van der Waals surface area contributed by atoms with Crippen LogP contribution < -0.4 is 10.0 Å². The Hall–Kier alpha value is -2.25. The molecule has 2 aromatic rings. The number of hydrogen-bond acceptors (Lipinski definition) is 3. The fourth-order valence-electron chi connectivity index (χ4n) is 1.61. The summed E-state index contributed by atoms with van der Waals surface area (Å²) in [7, 11) is -3.79. The van der Waals surface area contributed by atoms with Crippen LogP contribution in [0.3, 0.4) is 0 Å². The number of carboxylic acid groups (broad SMARTS) is 1. The molecule has 2 rings (SSSR count). The molecule has 3 N–H and O–H groups in total. The van der Waals surface area contributed by atoms with E-state index in [2.05, 4.69) is 10.0 Å². The first-order valence-electron chi connectivity index (χ1n) is 5.76. The van der Waals surface area contributed by atoms with Gasteiger partial charge in [0.2, 0.25) is 0 Å². The van der Waals surface area contributed by atoms with E-state index < -0.39 is 16.1 Å². The van der Waals surface area contributed by atoms with Crippen LogP contribution in [0.15, 0.2) is 53.4 Å². The van der Waals surface area contributed by atoms with Crippen LogP contribution in [-0.4, -0.2) is 19.6 Å². The van der Waals surface area contributed by atoms with Crippen molar-refractivity contribution in [2.75, 3.05) is 10.0 Å². The van der Waals surface area contributed by atoms with E-state index in [1.165, 1.54) is 30.3 Å². The van der Waals surface area contributed by atoms with Crippen LogP contribution in [0.5, 0.6) is 0 Å². The zero-order valence-corrected chi connectivity index (χ0v) is 12.1. The van der Waals surface area contributed by atoms with Gasteiger partial charge < -0.3 is 5.11 Å². The summed E-state index contributed by atoms with van der Waals surface area (Å²) in [5, 5.41) is 10.9. The van der Waals surface area contributed by atoms with Gasteiger partial charge in [-0.05, 0) is 30.3 Å². The van der Waals surface area contributed by atoms with Crippen molar-refractivity contribution in [3.05, 3.63) is 53.6 Å². The van der Waals surface area contributed by atoms with E-state index >= 15 is 0 Å². The highest BCUT2D eigenvalue weighted by atomic mass is 35.5. The maximum absolute atomic E-state index is 12.2. The van der Waals surface area contributed by atoms with Gasteiger partial charge in [-0.15, -0.1) is 0 Å². The lowest BCUT2D eigenvalue weighted by atomic mass is 10.3. The Labute approximate surface area is 126 Å². The number of hydrogen-bond donors (Lipinski definition) is 3. The second-order valence-electron chi connectivity index (χ2n) is 4.04. The number of benzene rings is 2. The molecule has 0 bridgehead atoms. The zero-order chi connectivity index (χ0) is 15.5. The summed E-state index contributed by atoms with van der Waals surface area (Å²) in [6.07, 6.45) is -1.26. The van der Waals surface area contributed by atoms with Gasteiger partial charge in [0.1, 0.15) is 0 Å². The molecule has 0 atom stereocenters. The topological polar surface area (TPSA) is 95.5 Å². The minimum Gasteiger partial charge on any atom is -0.465 e. The molecule has 0 aliphatic carbocycles. The van der Waals surface area contributed by atoms with Crippen LogP contribution in [0.4, 0.5) is 16.2 Å². The van der Waals surface area contributed by atoms with E-state index in [1.807, 2.05) is 0 Å². The summed E-state index contributed by atoms with van der Waals surface area (Å²) in [5.41, 5.74) is 0.296. The normalized spacial score (nSPS) is 10.9. The Morgan fingerprint density at radius 1 is 1.10 bits per heavy atom. The average Bonchev–Trinajstić information content (AvgIpc) is 2.43. The molecule has 0 unspecified atom stereocenters. The highest BCUT2D eigenvalue weighted by Crippen LogP contribution is 2.27. The van der Waals surface area contributed by atoms with Gasteiger partial charge in [0.05, 0.1) is 15.6 Å². The first-order chi connectivity index (χ1) is 9.88. The molecular formula is C13H11ClN2O4S. The van der Waals surface area contributed by atoms with Gasteiger partial charge in [-0.3, -0.25) is 10.0 Å². The number of anilines is 2. The summed E-state index contributed by atoms with van der Waals surface area (Å²) in [5.74, 6) is 0. The van der Waals surface area contributed by atoms with Crippen molar-refractivity contribution in [2.45, 2.75) is 4.90 Å². The van der Waals surface area contributed by atoms with E-state index in [0.29, 0.717) is 0 Å². The molecule has 8 heteroatoms.